The Labute approximate surface area is 250 Å². The van der Waals surface area contributed by atoms with Crippen molar-refractivity contribution in [3.8, 4) is 0 Å². The van der Waals surface area contributed by atoms with Crippen LogP contribution in [0.5, 0.6) is 0 Å². The van der Waals surface area contributed by atoms with Gasteiger partial charge in [0.05, 0.1) is 24.9 Å². The number of ether oxygens (including phenoxy) is 2. The first kappa shape index (κ1) is 28.0. The maximum atomic E-state index is 14.0. The molecule has 43 heavy (non-hydrogen) atoms. The predicted octanol–water partition coefficient (Wildman–Crippen LogP) is 3.92. The smallest absolute Gasteiger partial charge is 0.435 e. The lowest BCUT2D eigenvalue weighted by molar-refractivity contribution is -0.133. The fraction of sp³-hybridized carbons (Fsp3) is 0.233. The predicted molar refractivity (Wildman–Crippen MR) is 158 cm³/mol. The van der Waals surface area contributed by atoms with Gasteiger partial charge >= 0.3 is 12.2 Å². The summed E-state index contributed by atoms with van der Waals surface area (Å²) in [5, 5.41) is 10.5. The van der Waals surface area contributed by atoms with E-state index in [-0.39, 0.29) is 35.8 Å². The van der Waals surface area contributed by atoms with Crippen molar-refractivity contribution in [2.45, 2.75) is 24.5 Å². The van der Waals surface area contributed by atoms with Crippen LogP contribution in [0.4, 0.5) is 21.1 Å². The number of nitrogen functional groups attached to an aromatic ring is 1. The molecule has 13 heteroatoms. The van der Waals surface area contributed by atoms with Crippen molar-refractivity contribution in [3.63, 3.8) is 0 Å². The van der Waals surface area contributed by atoms with Gasteiger partial charge < -0.3 is 25.4 Å². The minimum absolute atomic E-state index is 0.0945. The summed E-state index contributed by atoms with van der Waals surface area (Å²) in [6, 6.07) is 18.1. The largest absolute Gasteiger partial charge is 0.451 e. The fourth-order valence-electron chi connectivity index (χ4n) is 5.66. The molecule has 0 bridgehead atoms. The number of carbonyl (C=O) groups excluding carboxylic acids is 4. The highest BCUT2D eigenvalue weighted by atomic mass is 35.5. The molecule has 6 rings (SSSR count). The maximum absolute atomic E-state index is 14.0. The number of halogens is 1. The summed E-state index contributed by atoms with van der Waals surface area (Å²) in [4.78, 5) is 53.8. The fourth-order valence-corrected chi connectivity index (χ4v) is 5.83. The Kier molecular flexibility index (Phi) is 7.14. The average Bonchev–Trinajstić information content (AvgIpc) is 3.58. The van der Waals surface area contributed by atoms with E-state index in [0.717, 1.165) is 10.2 Å². The first-order valence-corrected chi connectivity index (χ1v) is 13.9. The van der Waals surface area contributed by atoms with E-state index in [1.807, 2.05) is 30.3 Å². The molecule has 4 N–H and O–H groups in total. The first-order valence-electron chi connectivity index (χ1n) is 13.5. The quantitative estimate of drug-likeness (QED) is 0.310. The molecule has 1 spiro atoms. The van der Waals surface area contributed by atoms with Crippen LogP contribution >= 0.6 is 11.6 Å². The molecule has 3 heterocycles. The van der Waals surface area contributed by atoms with Crippen LogP contribution in [0.2, 0.25) is 5.02 Å². The van der Waals surface area contributed by atoms with E-state index in [1.165, 1.54) is 13.2 Å². The highest BCUT2D eigenvalue weighted by Crippen LogP contribution is 2.44. The lowest BCUT2D eigenvalue weighted by atomic mass is 9.90. The summed E-state index contributed by atoms with van der Waals surface area (Å²) in [7, 11) is 1.21. The van der Waals surface area contributed by atoms with E-state index in [1.54, 1.807) is 35.2 Å². The van der Waals surface area contributed by atoms with Crippen molar-refractivity contribution in [1.29, 1.82) is 0 Å². The molecule has 2 aliphatic heterocycles. The molecular formula is C30H27ClN6O6. The van der Waals surface area contributed by atoms with Crippen LogP contribution < -0.4 is 16.4 Å². The average molecular weight is 603 g/mol. The monoisotopic (exact) mass is 602 g/mol. The second kappa shape index (κ2) is 11.0. The van der Waals surface area contributed by atoms with Gasteiger partial charge in [0.2, 0.25) is 5.91 Å². The summed E-state index contributed by atoms with van der Waals surface area (Å²) in [6.45, 7) is 0.389. The van der Waals surface area contributed by atoms with E-state index < -0.39 is 29.7 Å². The van der Waals surface area contributed by atoms with Crippen LogP contribution in [-0.2, 0) is 26.3 Å². The Balaban J connectivity index is 1.29. The number of benzene rings is 3. The molecule has 3 amide bonds. The van der Waals surface area contributed by atoms with Crippen molar-refractivity contribution in [2.24, 2.45) is 0 Å². The molecule has 0 aliphatic carbocycles. The third-order valence-corrected chi connectivity index (χ3v) is 7.98. The number of likely N-dealkylation sites (tertiary alicyclic amines) is 1. The SMILES string of the molecule is COC(=O)n1nc(N)c2ccc(C(=O)NC(Cc3ccccc3)C(=O)N3CC[C@@]4(C3)OC(=O)Nc3ccc(Cl)cc34)cc21. The number of fused-ring (bicyclic) bond motifs is 3. The van der Waals surface area contributed by atoms with E-state index in [0.29, 0.717) is 34.6 Å². The van der Waals surface area contributed by atoms with Gasteiger partial charge in [-0.05, 0) is 42.0 Å². The molecule has 2 atom stereocenters. The number of nitrogens with two attached hydrogens (primary N) is 1. The number of amides is 3. The number of aromatic nitrogens is 2. The number of hydrogen-bond acceptors (Lipinski definition) is 8. The highest BCUT2D eigenvalue weighted by molar-refractivity contribution is 6.30. The molecular weight excluding hydrogens is 576 g/mol. The van der Waals surface area contributed by atoms with Gasteiger partial charge in [-0.1, -0.05) is 41.9 Å². The Morgan fingerprint density at radius 1 is 1.16 bits per heavy atom. The number of hydrogen-bond donors (Lipinski definition) is 3. The molecule has 0 radical (unpaired) electrons. The molecule has 1 saturated heterocycles. The third-order valence-electron chi connectivity index (χ3n) is 7.75. The maximum Gasteiger partial charge on any atom is 0.435 e. The molecule has 12 nitrogen and oxygen atoms in total. The standard InChI is InChI=1S/C30H27ClN6O6/c1-42-29(41)37-24-14-18(7-9-20(24)25(32)35-37)26(38)33-23(13-17-5-3-2-4-6-17)27(39)36-12-11-30(16-36)21-15-19(31)8-10-22(21)34-28(40)43-30/h2-10,14-15,23H,11-13,16H2,1H3,(H2,32,35)(H,33,38)(H,34,40)/t23?,30-/m0/s1. The second-order valence-corrected chi connectivity index (χ2v) is 10.9. The molecule has 1 aromatic heterocycles. The van der Waals surface area contributed by atoms with Crippen LogP contribution in [0.3, 0.4) is 0 Å². The van der Waals surface area contributed by atoms with Gasteiger partial charge in [0.25, 0.3) is 5.91 Å². The zero-order chi connectivity index (χ0) is 30.3. The van der Waals surface area contributed by atoms with Gasteiger partial charge in [-0.3, -0.25) is 14.9 Å². The van der Waals surface area contributed by atoms with Crippen LogP contribution in [0.15, 0.2) is 66.7 Å². The molecule has 4 aromatic rings. The number of nitrogens with zero attached hydrogens (tertiary/aromatic N) is 3. The van der Waals surface area contributed by atoms with Gasteiger partial charge in [-0.15, -0.1) is 5.10 Å². The lowest BCUT2D eigenvalue weighted by Crippen LogP contribution is -2.50. The van der Waals surface area contributed by atoms with Crippen LogP contribution in [0, 0.1) is 0 Å². The molecule has 0 saturated carbocycles. The van der Waals surface area contributed by atoms with Gasteiger partial charge in [-0.2, -0.15) is 4.68 Å². The number of anilines is 2. The molecule has 220 valence electrons. The van der Waals surface area contributed by atoms with Gasteiger partial charge in [0.15, 0.2) is 11.4 Å². The minimum Gasteiger partial charge on any atom is -0.451 e. The summed E-state index contributed by atoms with van der Waals surface area (Å²) < 4.78 is 11.5. The van der Waals surface area contributed by atoms with Crippen LogP contribution in [0.25, 0.3) is 10.9 Å². The van der Waals surface area contributed by atoms with E-state index in [9.17, 15) is 19.2 Å². The van der Waals surface area contributed by atoms with E-state index in [4.69, 9.17) is 26.8 Å². The van der Waals surface area contributed by atoms with Crippen molar-refractivity contribution in [1.82, 2.24) is 20.0 Å². The Bertz CT molecular complexity index is 1780. The van der Waals surface area contributed by atoms with Crippen molar-refractivity contribution in [3.05, 3.63) is 88.4 Å². The topological polar surface area (TPSA) is 158 Å². The molecule has 1 fully saturated rings. The number of carbonyl (C=O) groups is 4. The van der Waals surface area contributed by atoms with Crippen molar-refractivity contribution in [2.75, 3.05) is 31.2 Å². The summed E-state index contributed by atoms with van der Waals surface area (Å²) in [5.41, 5.74) is 7.45. The number of nitrogens with one attached hydrogen (secondary N) is 2. The van der Waals surface area contributed by atoms with Crippen LogP contribution in [0.1, 0.15) is 27.9 Å². The summed E-state index contributed by atoms with van der Waals surface area (Å²) in [6.07, 6.45) is -0.795. The Morgan fingerprint density at radius 3 is 2.72 bits per heavy atom. The van der Waals surface area contributed by atoms with Crippen LogP contribution in [-0.4, -0.2) is 64.9 Å². The number of rotatable bonds is 5. The normalized spacial score (nSPS) is 18.1. The lowest BCUT2D eigenvalue weighted by Gasteiger charge is -2.35. The van der Waals surface area contributed by atoms with E-state index in [2.05, 4.69) is 15.7 Å². The van der Waals surface area contributed by atoms with Gasteiger partial charge in [-0.25, -0.2) is 9.59 Å². The summed E-state index contributed by atoms with van der Waals surface area (Å²) in [5.74, 6) is -0.766. The summed E-state index contributed by atoms with van der Waals surface area (Å²) >= 11 is 6.27. The molecule has 1 unspecified atom stereocenters. The minimum atomic E-state index is -1.07. The van der Waals surface area contributed by atoms with Crippen molar-refractivity contribution < 1.29 is 28.7 Å². The molecule has 3 aromatic carbocycles. The van der Waals surface area contributed by atoms with Crippen molar-refractivity contribution >= 4 is 58.0 Å². The second-order valence-electron chi connectivity index (χ2n) is 10.4. The highest BCUT2D eigenvalue weighted by Gasteiger charge is 2.49. The third kappa shape index (κ3) is 5.21. The zero-order valence-corrected chi connectivity index (χ0v) is 23.8. The Hall–Kier alpha value is -5.10. The first-order chi connectivity index (χ1) is 20.7. The Morgan fingerprint density at radius 2 is 1.95 bits per heavy atom. The zero-order valence-electron chi connectivity index (χ0n) is 23.0. The van der Waals surface area contributed by atoms with Gasteiger partial charge in [0.1, 0.15) is 6.04 Å². The molecule has 2 aliphatic rings. The van der Waals surface area contributed by atoms with E-state index >= 15 is 0 Å². The number of methoxy groups -OCH3 is 1. The van der Waals surface area contributed by atoms with Gasteiger partial charge in [0, 0.05) is 40.9 Å².